The lowest BCUT2D eigenvalue weighted by atomic mass is 9.96. The summed E-state index contributed by atoms with van der Waals surface area (Å²) < 4.78 is 2.12. The van der Waals surface area contributed by atoms with Gasteiger partial charge in [0.1, 0.15) is 0 Å². The molecule has 0 unspecified atom stereocenters. The Morgan fingerprint density at radius 3 is 2.52 bits per heavy atom. The normalized spacial score (nSPS) is 15.0. The van der Waals surface area contributed by atoms with Crippen LogP contribution in [0.2, 0.25) is 0 Å². The van der Waals surface area contributed by atoms with Crippen LogP contribution in [0.15, 0.2) is 54.9 Å². The molecule has 4 rings (SSSR count). The summed E-state index contributed by atoms with van der Waals surface area (Å²) >= 11 is 0. The highest BCUT2D eigenvalue weighted by Crippen LogP contribution is 2.27. The molecule has 0 atom stereocenters. The Morgan fingerprint density at radius 2 is 1.85 bits per heavy atom. The second-order valence-corrected chi connectivity index (χ2v) is 6.80. The van der Waals surface area contributed by atoms with E-state index in [1.54, 1.807) is 12.4 Å². The molecule has 3 aromatic rings. The Kier molecular flexibility index (Phi) is 4.82. The van der Waals surface area contributed by atoms with Crippen LogP contribution in [0, 0.1) is 5.92 Å². The van der Waals surface area contributed by atoms with Gasteiger partial charge in [0.05, 0.1) is 6.54 Å². The van der Waals surface area contributed by atoms with E-state index in [0.29, 0.717) is 6.54 Å². The number of hydrogen-bond donors (Lipinski definition) is 1. The van der Waals surface area contributed by atoms with Crippen LogP contribution in [0.25, 0.3) is 11.4 Å². The zero-order valence-corrected chi connectivity index (χ0v) is 15.0. The van der Waals surface area contributed by atoms with E-state index in [4.69, 9.17) is 5.73 Å². The van der Waals surface area contributed by atoms with Crippen LogP contribution in [-0.4, -0.2) is 38.7 Å². The van der Waals surface area contributed by atoms with Crippen molar-refractivity contribution in [3.8, 4) is 11.4 Å². The van der Waals surface area contributed by atoms with E-state index in [1.165, 1.54) is 5.56 Å². The Bertz CT molecular complexity index is 901. The van der Waals surface area contributed by atoms with Gasteiger partial charge in [-0.3, -0.25) is 14.3 Å². The summed E-state index contributed by atoms with van der Waals surface area (Å²) in [4.78, 5) is 17.9. The van der Waals surface area contributed by atoms with E-state index >= 15 is 0 Å². The molecule has 27 heavy (non-hydrogen) atoms. The summed E-state index contributed by atoms with van der Waals surface area (Å²) in [5, 5.41) is 8.93. The van der Waals surface area contributed by atoms with E-state index in [2.05, 4.69) is 36.8 Å². The van der Waals surface area contributed by atoms with Gasteiger partial charge in [-0.25, -0.2) is 0 Å². The number of rotatable bonds is 5. The van der Waals surface area contributed by atoms with Crippen LogP contribution < -0.4 is 10.6 Å². The average molecular weight is 362 g/mol. The highest BCUT2D eigenvalue weighted by atomic mass is 16.1. The van der Waals surface area contributed by atoms with E-state index in [1.807, 2.05) is 30.3 Å². The molecule has 7 heteroatoms. The van der Waals surface area contributed by atoms with Gasteiger partial charge in [0.2, 0.25) is 11.9 Å². The van der Waals surface area contributed by atoms with Crippen LogP contribution in [0.1, 0.15) is 18.4 Å². The first-order chi connectivity index (χ1) is 13.2. The predicted molar refractivity (Wildman–Crippen MR) is 103 cm³/mol. The van der Waals surface area contributed by atoms with Crippen LogP contribution in [0.5, 0.6) is 0 Å². The molecule has 0 spiro atoms. The van der Waals surface area contributed by atoms with Crippen molar-refractivity contribution < 1.29 is 4.79 Å². The number of hydrogen-bond acceptors (Lipinski definition) is 5. The molecule has 1 fully saturated rings. The van der Waals surface area contributed by atoms with Gasteiger partial charge < -0.3 is 10.6 Å². The van der Waals surface area contributed by atoms with Gasteiger partial charge in [-0.1, -0.05) is 30.3 Å². The number of carbonyl (C=O) groups excluding carboxylic acids is 1. The molecule has 1 amide bonds. The zero-order chi connectivity index (χ0) is 18.6. The highest BCUT2D eigenvalue weighted by molar-refractivity contribution is 5.77. The first-order valence-corrected chi connectivity index (χ1v) is 9.14. The van der Waals surface area contributed by atoms with Gasteiger partial charge in [-0.2, -0.15) is 0 Å². The molecule has 0 aliphatic carbocycles. The fourth-order valence-electron chi connectivity index (χ4n) is 3.51. The number of primary amides is 1. The molecule has 0 saturated carbocycles. The van der Waals surface area contributed by atoms with Gasteiger partial charge >= 0.3 is 0 Å². The van der Waals surface area contributed by atoms with Gasteiger partial charge in [0, 0.05) is 37.0 Å². The summed E-state index contributed by atoms with van der Waals surface area (Å²) in [6.07, 6.45) is 5.04. The van der Waals surface area contributed by atoms with E-state index in [9.17, 15) is 4.79 Å². The van der Waals surface area contributed by atoms with Crippen LogP contribution in [0.4, 0.5) is 5.95 Å². The van der Waals surface area contributed by atoms with Crippen molar-refractivity contribution in [3.05, 3.63) is 60.4 Å². The minimum absolute atomic E-state index is 0.0514. The monoisotopic (exact) mass is 362 g/mol. The fourth-order valence-corrected chi connectivity index (χ4v) is 3.51. The minimum Gasteiger partial charge on any atom is -0.369 e. The SMILES string of the molecule is NC(=O)C1CCN(c2nnc(-c3cccnc3)n2Cc2ccccc2)CC1. The third kappa shape index (κ3) is 3.67. The summed E-state index contributed by atoms with van der Waals surface area (Å²) in [6, 6.07) is 14.1. The van der Waals surface area contributed by atoms with Crippen LogP contribution in [-0.2, 0) is 11.3 Å². The number of nitrogens with two attached hydrogens (primary N) is 1. The molecule has 0 bridgehead atoms. The maximum atomic E-state index is 11.5. The summed E-state index contributed by atoms with van der Waals surface area (Å²) in [5.74, 6) is 1.35. The fraction of sp³-hybridized carbons (Fsp3) is 0.300. The second-order valence-electron chi connectivity index (χ2n) is 6.80. The summed E-state index contributed by atoms with van der Waals surface area (Å²) in [5.41, 5.74) is 7.57. The van der Waals surface area contributed by atoms with Crippen molar-refractivity contribution in [2.75, 3.05) is 18.0 Å². The number of pyridine rings is 1. The van der Waals surface area contributed by atoms with Crippen molar-refractivity contribution in [2.24, 2.45) is 11.7 Å². The Hall–Kier alpha value is -3.22. The van der Waals surface area contributed by atoms with Crippen molar-refractivity contribution in [1.82, 2.24) is 19.7 Å². The van der Waals surface area contributed by atoms with Gasteiger partial charge in [0.25, 0.3) is 0 Å². The number of carbonyl (C=O) groups is 1. The molecule has 138 valence electrons. The van der Waals surface area contributed by atoms with Crippen molar-refractivity contribution >= 4 is 11.9 Å². The maximum Gasteiger partial charge on any atom is 0.227 e. The maximum absolute atomic E-state index is 11.5. The summed E-state index contributed by atoms with van der Waals surface area (Å²) in [7, 11) is 0. The third-order valence-corrected chi connectivity index (χ3v) is 5.01. The van der Waals surface area contributed by atoms with Gasteiger partial charge in [0.15, 0.2) is 5.82 Å². The Balaban J connectivity index is 1.67. The number of amides is 1. The first-order valence-electron chi connectivity index (χ1n) is 9.14. The number of piperidine rings is 1. The molecule has 3 heterocycles. The van der Waals surface area contributed by atoms with Crippen molar-refractivity contribution in [3.63, 3.8) is 0 Å². The standard InChI is InChI=1S/C20H22N6O/c21-18(27)16-8-11-25(12-9-16)20-24-23-19(17-7-4-10-22-13-17)26(20)14-15-5-2-1-3-6-15/h1-7,10,13,16H,8-9,11-12,14H2,(H2,21,27). The highest BCUT2D eigenvalue weighted by Gasteiger charge is 2.27. The number of benzene rings is 1. The minimum atomic E-state index is -0.212. The van der Waals surface area contributed by atoms with Gasteiger partial charge in [-0.15, -0.1) is 10.2 Å². The number of aromatic nitrogens is 4. The first kappa shape index (κ1) is 17.2. The van der Waals surface area contributed by atoms with Gasteiger partial charge in [-0.05, 0) is 30.5 Å². The molecule has 1 aromatic carbocycles. The molecule has 1 aliphatic heterocycles. The largest absolute Gasteiger partial charge is 0.369 e. The Labute approximate surface area is 157 Å². The lowest BCUT2D eigenvalue weighted by Crippen LogP contribution is -2.39. The molecular formula is C20H22N6O. The molecule has 0 radical (unpaired) electrons. The molecule has 1 aliphatic rings. The van der Waals surface area contributed by atoms with E-state index in [-0.39, 0.29) is 11.8 Å². The summed E-state index contributed by atoms with van der Waals surface area (Å²) in [6.45, 7) is 2.16. The molecule has 2 N–H and O–H groups in total. The van der Waals surface area contributed by atoms with Crippen LogP contribution >= 0.6 is 0 Å². The molecule has 2 aromatic heterocycles. The quantitative estimate of drug-likeness (QED) is 0.751. The van der Waals surface area contributed by atoms with E-state index in [0.717, 1.165) is 43.3 Å². The molecule has 1 saturated heterocycles. The number of nitrogens with zero attached hydrogens (tertiary/aromatic N) is 5. The smallest absolute Gasteiger partial charge is 0.227 e. The lowest BCUT2D eigenvalue weighted by Gasteiger charge is -2.31. The van der Waals surface area contributed by atoms with Crippen molar-refractivity contribution in [2.45, 2.75) is 19.4 Å². The Morgan fingerprint density at radius 1 is 1.07 bits per heavy atom. The lowest BCUT2D eigenvalue weighted by molar-refractivity contribution is -0.122. The topological polar surface area (TPSA) is 89.9 Å². The van der Waals surface area contributed by atoms with Crippen molar-refractivity contribution in [1.29, 1.82) is 0 Å². The number of anilines is 1. The van der Waals surface area contributed by atoms with Crippen LogP contribution in [0.3, 0.4) is 0 Å². The molecular weight excluding hydrogens is 340 g/mol. The predicted octanol–water partition coefficient (Wildman–Crippen LogP) is 2.09. The third-order valence-electron chi connectivity index (χ3n) is 5.01. The zero-order valence-electron chi connectivity index (χ0n) is 15.0. The second kappa shape index (κ2) is 7.57. The van der Waals surface area contributed by atoms with E-state index < -0.39 is 0 Å². The average Bonchev–Trinajstić information content (AvgIpc) is 3.13. The molecule has 7 nitrogen and oxygen atoms in total.